The number of hydrogen-bond donors (Lipinski definition) is 1. The van der Waals surface area contributed by atoms with E-state index in [1.165, 1.54) is 23.5 Å². The summed E-state index contributed by atoms with van der Waals surface area (Å²) in [7, 11) is 0. The number of rotatable bonds is 5. The number of aromatic nitrogens is 1. The monoisotopic (exact) mass is 382 g/mol. The van der Waals surface area contributed by atoms with Gasteiger partial charge >= 0.3 is 0 Å². The summed E-state index contributed by atoms with van der Waals surface area (Å²) in [5.74, 6) is 0. The topological polar surface area (TPSA) is 91.8 Å². The Labute approximate surface area is 158 Å². The second-order valence-corrected chi connectivity index (χ2v) is 6.40. The molecule has 6 nitrogen and oxygen atoms in total. The second-order valence-electron chi connectivity index (χ2n) is 5.14. The summed E-state index contributed by atoms with van der Waals surface area (Å²) in [6.45, 7) is 0. The highest BCUT2D eigenvalue weighted by atomic mass is 35.5. The fraction of sp³-hybridized carbons (Fsp3) is 0. The molecule has 3 rings (SSSR count). The van der Waals surface area contributed by atoms with Gasteiger partial charge in [0.15, 0.2) is 0 Å². The van der Waals surface area contributed by atoms with E-state index in [9.17, 15) is 15.4 Å². The predicted octanol–water partition coefficient (Wildman–Crippen LogP) is 5.35. The maximum Gasteiger partial charge on any atom is 0.269 e. The lowest BCUT2D eigenvalue weighted by Gasteiger charge is -2.03. The van der Waals surface area contributed by atoms with E-state index in [1.54, 1.807) is 35.8 Å². The molecule has 128 valence electrons. The molecule has 0 amide bonds. The van der Waals surface area contributed by atoms with Crippen LogP contribution in [0.2, 0.25) is 5.02 Å². The van der Waals surface area contributed by atoms with Crippen molar-refractivity contribution in [2.75, 3.05) is 5.32 Å². The summed E-state index contributed by atoms with van der Waals surface area (Å²) in [5.41, 5.74) is 2.47. The number of anilines is 1. The van der Waals surface area contributed by atoms with Crippen molar-refractivity contribution in [2.45, 2.75) is 0 Å². The van der Waals surface area contributed by atoms with Gasteiger partial charge in [-0.3, -0.25) is 10.1 Å². The number of non-ortho nitro benzene ring substituents is 1. The summed E-state index contributed by atoms with van der Waals surface area (Å²) in [6, 6.07) is 15.4. The van der Waals surface area contributed by atoms with Crippen molar-refractivity contribution in [1.82, 2.24) is 4.98 Å². The van der Waals surface area contributed by atoms with Crippen LogP contribution in [0, 0.1) is 21.4 Å². The molecule has 0 aliphatic carbocycles. The predicted molar refractivity (Wildman–Crippen MR) is 103 cm³/mol. The lowest BCUT2D eigenvalue weighted by atomic mass is 10.1. The van der Waals surface area contributed by atoms with Crippen LogP contribution in [0.4, 0.5) is 11.4 Å². The van der Waals surface area contributed by atoms with Crippen molar-refractivity contribution in [3.05, 3.63) is 80.3 Å². The average molecular weight is 383 g/mol. The minimum absolute atomic E-state index is 0.0192. The first-order valence-corrected chi connectivity index (χ1v) is 8.66. The third-order valence-electron chi connectivity index (χ3n) is 3.47. The van der Waals surface area contributed by atoms with E-state index in [1.807, 2.05) is 12.1 Å². The number of hydrogen-bond acceptors (Lipinski definition) is 6. The second kappa shape index (κ2) is 7.78. The van der Waals surface area contributed by atoms with Crippen LogP contribution in [-0.4, -0.2) is 9.91 Å². The molecule has 0 bridgehead atoms. The Kier molecular flexibility index (Phi) is 5.27. The van der Waals surface area contributed by atoms with Crippen molar-refractivity contribution < 1.29 is 4.92 Å². The number of nitro groups is 1. The number of nitriles is 1. The zero-order valence-corrected chi connectivity index (χ0v) is 14.8. The molecule has 1 aromatic heterocycles. The third kappa shape index (κ3) is 3.88. The fourth-order valence-corrected chi connectivity index (χ4v) is 3.14. The number of benzene rings is 2. The smallest absolute Gasteiger partial charge is 0.269 e. The molecule has 3 aromatic rings. The van der Waals surface area contributed by atoms with Crippen molar-refractivity contribution in [1.29, 1.82) is 5.26 Å². The van der Waals surface area contributed by atoms with E-state index in [4.69, 9.17) is 11.6 Å². The minimum Gasteiger partial charge on any atom is -0.359 e. The Morgan fingerprint density at radius 1 is 1.27 bits per heavy atom. The van der Waals surface area contributed by atoms with E-state index < -0.39 is 4.92 Å². The van der Waals surface area contributed by atoms with Crippen molar-refractivity contribution in [2.24, 2.45) is 0 Å². The number of nitrogens with zero attached hydrogens (tertiary/aromatic N) is 3. The van der Waals surface area contributed by atoms with E-state index >= 15 is 0 Å². The van der Waals surface area contributed by atoms with Crippen LogP contribution in [0.3, 0.4) is 0 Å². The maximum absolute atomic E-state index is 10.7. The zero-order valence-electron chi connectivity index (χ0n) is 13.2. The van der Waals surface area contributed by atoms with Gasteiger partial charge < -0.3 is 5.32 Å². The molecule has 0 aliphatic heterocycles. The molecule has 1 N–H and O–H groups in total. The lowest BCUT2D eigenvalue weighted by molar-refractivity contribution is -0.384. The van der Waals surface area contributed by atoms with E-state index in [2.05, 4.69) is 16.4 Å². The summed E-state index contributed by atoms with van der Waals surface area (Å²) >= 11 is 7.40. The van der Waals surface area contributed by atoms with Crippen molar-refractivity contribution >= 4 is 39.9 Å². The molecule has 0 radical (unpaired) electrons. The van der Waals surface area contributed by atoms with E-state index in [-0.39, 0.29) is 5.69 Å². The van der Waals surface area contributed by atoms with Gasteiger partial charge in [-0.05, 0) is 24.3 Å². The van der Waals surface area contributed by atoms with E-state index in [0.717, 1.165) is 5.56 Å². The molecule has 0 saturated heterocycles. The molecule has 0 aliphatic rings. The van der Waals surface area contributed by atoms with Crippen molar-refractivity contribution in [3.63, 3.8) is 0 Å². The molecular formula is C18H11ClN4O2S. The number of nitrogens with one attached hydrogen (secondary N) is 1. The number of thiazole rings is 1. The number of nitro benzene ring substituents is 1. The van der Waals surface area contributed by atoms with Crippen LogP contribution in [0.5, 0.6) is 0 Å². The Balaban J connectivity index is 1.83. The molecule has 26 heavy (non-hydrogen) atoms. The van der Waals surface area contributed by atoms with Gasteiger partial charge in [-0.25, -0.2) is 4.98 Å². The van der Waals surface area contributed by atoms with Crippen LogP contribution < -0.4 is 5.32 Å². The largest absolute Gasteiger partial charge is 0.359 e. The molecule has 1 heterocycles. The maximum atomic E-state index is 10.7. The molecular weight excluding hydrogens is 372 g/mol. The SMILES string of the molecule is N#C/C(=C\Nc1ccccc1Cl)c1nc(-c2ccc([N+](=O)[O-])cc2)cs1. The average Bonchev–Trinajstić information content (AvgIpc) is 3.14. The van der Waals surface area contributed by atoms with Gasteiger partial charge in [-0.2, -0.15) is 5.26 Å². The highest BCUT2D eigenvalue weighted by Crippen LogP contribution is 2.28. The van der Waals surface area contributed by atoms with Gasteiger partial charge in [0.25, 0.3) is 5.69 Å². The lowest BCUT2D eigenvalue weighted by Crippen LogP contribution is -1.91. The van der Waals surface area contributed by atoms with Crippen LogP contribution in [0.1, 0.15) is 5.01 Å². The molecule has 8 heteroatoms. The third-order valence-corrected chi connectivity index (χ3v) is 4.68. The Morgan fingerprint density at radius 2 is 2.00 bits per heavy atom. The Morgan fingerprint density at radius 3 is 2.65 bits per heavy atom. The Hall–Kier alpha value is -3.21. The molecule has 0 unspecified atom stereocenters. The zero-order chi connectivity index (χ0) is 18.5. The highest BCUT2D eigenvalue weighted by molar-refractivity contribution is 7.11. The molecule has 0 saturated carbocycles. The van der Waals surface area contributed by atoms with Gasteiger partial charge in [0.2, 0.25) is 0 Å². The molecule has 0 fully saturated rings. The molecule has 0 atom stereocenters. The van der Waals surface area contributed by atoms with Crippen LogP contribution in [-0.2, 0) is 0 Å². The summed E-state index contributed by atoms with van der Waals surface area (Å²) < 4.78 is 0. The van der Waals surface area contributed by atoms with Gasteiger partial charge in [-0.1, -0.05) is 23.7 Å². The first-order valence-electron chi connectivity index (χ1n) is 7.40. The summed E-state index contributed by atoms with van der Waals surface area (Å²) in [5, 5.41) is 26.0. The first-order chi connectivity index (χ1) is 12.6. The highest BCUT2D eigenvalue weighted by Gasteiger charge is 2.11. The molecule has 2 aromatic carbocycles. The summed E-state index contributed by atoms with van der Waals surface area (Å²) in [4.78, 5) is 14.7. The first kappa shape index (κ1) is 17.6. The van der Waals surface area contributed by atoms with Gasteiger partial charge in [0.05, 0.1) is 21.3 Å². The van der Waals surface area contributed by atoms with Gasteiger partial charge in [0.1, 0.15) is 16.6 Å². The van der Waals surface area contributed by atoms with Crippen LogP contribution >= 0.6 is 22.9 Å². The number of allylic oxidation sites excluding steroid dienone is 1. The Bertz CT molecular complexity index is 1020. The van der Waals surface area contributed by atoms with Crippen molar-refractivity contribution in [3.8, 4) is 17.3 Å². The van der Waals surface area contributed by atoms with Crippen LogP contribution in [0.15, 0.2) is 60.1 Å². The normalized spacial score (nSPS) is 11.0. The van der Waals surface area contributed by atoms with Crippen LogP contribution in [0.25, 0.3) is 16.8 Å². The minimum atomic E-state index is -0.451. The van der Waals surface area contributed by atoms with Gasteiger partial charge in [0, 0.05) is 29.3 Å². The number of para-hydroxylation sites is 1. The summed E-state index contributed by atoms with van der Waals surface area (Å²) in [6.07, 6.45) is 1.56. The fourth-order valence-electron chi connectivity index (χ4n) is 2.15. The standard InChI is InChI=1S/C18H11ClN4O2S/c19-15-3-1-2-4-16(15)21-10-13(9-20)18-22-17(11-26-18)12-5-7-14(8-6-12)23(24)25/h1-8,10-11,21H/b13-10+. The van der Waals surface area contributed by atoms with Gasteiger partial charge in [-0.15, -0.1) is 11.3 Å². The molecule has 0 spiro atoms. The number of halogens is 1. The quantitative estimate of drug-likeness (QED) is 0.365. The van der Waals surface area contributed by atoms with E-state index in [0.29, 0.717) is 27.0 Å².